The Balaban J connectivity index is 1.85. The standard InChI is InChI=1S/C20H17BrFN3O/c1-13-19(15-7-9-16(21)10-8-15)20(25(2)24-13)23-18(26)11-6-14-4-3-5-17(22)12-14/h3-12H,1-2H3,(H,23,26)/b11-6+. The number of aromatic nitrogens is 2. The van der Waals surface area contributed by atoms with E-state index in [2.05, 4.69) is 26.3 Å². The van der Waals surface area contributed by atoms with Crippen LogP contribution in [0.3, 0.4) is 0 Å². The van der Waals surface area contributed by atoms with Gasteiger partial charge in [0.1, 0.15) is 11.6 Å². The van der Waals surface area contributed by atoms with Gasteiger partial charge in [-0.1, -0.05) is 40.2 Å². The fourth-order valence-corrected chi connectivity index (χ4v) is 2.97. The summed E-state index contributed by atoms with van der Waals surface area (Å²) >= 11 is 3.42. The summed E-state index contributed by atoms with van der Waals surface area (Å²) in [5.74, 6) is -0.0401. The van der Waals surface area contributed by atoms with Gasteiger partial charge in [0.2, 0.25) is 5.91 Å². The van der Waals surface area contributed by atoms with Crippen molar-refractivity contribution in [1.29, 1.82) is 0 Å². The number of hydrogen-bond acceptors (Lipinski definition) is 2. The summed E-state index contributed by atoms with van der Waals surface area (Å²) in [6, 6.07) is 13.9. The summed E-state index contributed by atoms with van der Waals surface area (Å²) in [5.41, 5.74) is 3.27. The lowest BCUT2D eigenvalue weighted by Crippen LogP contribution is -2.12. The van der Waals surface area contributed by atoms with Crippen molar-refractivity contribution in [2.75, 3.05) is 5.32 Å². The summed E-state index contributed by atoms with van der Waals surface area (Å²) in [7, 11) is 1.78. The first-order valence-electron chi connectivity index (χ1n) is 7.98. The number of aryl methyl sites for hydroxylation is 2. The van der Waals surface area contributed by atoms with Crippen LogP contribution in [0.25, 0.3) is 17.2 Å². The zero-order valence-corrected chi connectivity index (χ0v) is 15.9. The summed E-state index contributed by atoms with van der Waals surface area (Å²) in [5, 5.41) is 7.28. The maximum Gasteiger partial charge on any atom is 0.249 e. The Morgan fingerprint density at radius 3 is 2.65 bits per heavy atom. The first kappa shape index (κ1) is 18.1. The van der Waals surface area contributed by atoms with E-state index in [0.29, 0.717) is 11.4 Å². The molecule has 0 radical (unpaired) electrons. The van der Waals surface area contributed by atoms with Crippen LogP contribution < -0.4 is 5.32 Å². The Kier molecular flexibility index (Phi) is 5.32. The minimum absolute atomic E-state index is 0.310. The SMILES string of the molecule is Cc1nn(C)c(NC(=O)/C=C/c2cccc(F)c2)c1-c1ccc(Br)cc1. The molecule has 3 aromatic rings. The van der Waals surface area contributed by atoms with E-state index in [0.717, 1.165) is 21.3 Å². The van der Waals surface area contributed by atoms with Gasteiger partial charge in [0.25, 0.3) is 0 Å². The molecular formula is C20H17BrFN3O. The lowest BCUT2D eigenvalue weighted by molar-refractivity contribution is -0.111. The van der Waals surface area contributed by atoms with Crippen LogP contribution in [0.1, 0.15) is 11.3 Å². The summed E-state index contributed by atoms with van der Waals surface area (Å²) in [4.78, 5) is 12.3. The molecule has 1 amide bonds. The van der Waals surface area contributed by atoms with Gasteiger partial charge < -0.3 is 5.32 Å². The summed E-state index contributed by atoms with van der Waals surface area (Å²) in [6.07, 6.45) is 2.95. The lowest BCUT2D eigenvalue weighted by atomic mass is 10.1. The number of nitrogens with zero attached hydrogens (tertiary/aromatic N) is 2. The average molecular weight is 414 g/mol. The molecule has 0 spiro atoms. The Labute approximate surface area is 159 Å². The smallest absolute Gasteiger partial charge is 0.249 e. The zero-order chi connectivity index (χ0) is 18.7. The van der Waals surface area contributed by atoms with Crippen molar-refractivity contribution in [1.82, 2.24) is 9.78 Å². The topological polar surface area (TPSA) is 46.9 Å². The second-order valence-electron chi connectivity index (χ2n) is 5.82. The number of benzene rings is 2. The Hall–Kier alpha value is -2.73. The number of amides is 1. The van der Waals surface area contributed by atoms with E-state index < -0.39 is 0 Å². The Bertz CT molecular complexity index is 977. The van der Waals surface area contributed by atoms with Crippen molar-refractivity contribution in [3.8, 4) is 11.1 Å². The molecule has 4 nitrogen and oxygen atoms in total. The molecule has 0 unspecified atom stereocenters. The molecule has 132 valence electrons. The van der Waals surface area contributed by atoms with Crippen LogP contribution in [-0.4, -0.2) is 15.7 Å². The molecule has 0 aliphatic heterocycles. The van der Waals surface area contributed by atoms with Gasteiger partial charge in [-0.25, -0.2) is 4.39 Å². The second-order valence-corrected chi connectivity index (χ2v) is 6.73. The molecule has 0 saturated carbocycles. The van der Waals surface area contributed by atoms with Crippen LogP contribution in [0.5, 0.6) is 0 Å². The van der Waals surface area contributed by atoms with Crippen LogP contribution in [-0.2, 0) is 11.8 Å². The van der Waals surface area contributed by atoms with E-state index in [4.69, 9.17) is 0 Å². The molecule has 3 rings (SSSR count). The highest BCUT2D eigenvalue weighted by Crippen LogP contribution is 2.31. The van der Waals surface area contributed by atoms with Crippen molar-refractivity contribution in [3.05, 3.63) is 76.2 Å². The summed E-state index contributed by atoms with van der Waals surface area (Å²) in [6.45, 7) is 1.90. The highest BCUT2D eigenvalue weighted by molar-refractivity contribution is 9.10. The Morgan fingerprint density at radius 1 is 1.23 bits per heavy atom. The van der Waals surface area contributed by atoms with Gasteiger partial charge in [-0.15, -0.1) is 0 Å². The molecule has 0 aliphatic carbocycles. The number of carbonyl (C=O) groups is 1. The highest BCUT2D eigenvalue weighted by atomic mass is 79.9. The molecule has 26 heavy (non-hydrogen) atoms. The third-order valence-electron chi connectivity index (χ3n) is 3.87. The molecule has 0 bridgehead atoms. The third-order valence-corrected chi connectivity index (χ3v) is 4.40. The van der Waals surface area contributed by atoms with Crippen LogP contribution in [0.2, 0.25) is 0 Å². The van der Waals surface area contributed by atoms with Crippen molar-refractivity contribution >= 4 is 33.7 Å². The van der Waals surface area contributed by atoms with Crippen LogP contribution >= 0.6 is 15.9 Å². The molecule has 0 atom stereocenters. The number of carbonyl (C=O) groups excluding carboxylic acids is 1. The highest BCUT2D eigenvalue weighted by Gasteiger charge is 2.16. The molecule has 1 heterocycles. The molecule has 0 aliphatic rings. The first-order valence-corrected chi connectivity index (χ1v) is 8.77. The molecule has 1 N–H and O–H groups in total. The van der Waals surface area contributed by atoms with Crippen LogP contribution in [0.4, 0.5) is 10.2 Å². The molecule has 1 aromatic heterocycles. The maximum atomic E-state index is 13.2. The maximum absolute atomic E-state index is 13.2. The van der Waals surface area contributed by atoms with Gasteiger partial charge >= 0.3 is 0 Å². The third kappa shape index (κ3) is 4.08. The minimum atomic E-state index is -0.340. The van der Waals surface area contributed by atoms with Crippen molar-refractivity contribution in [2.24, 2.45) is 7.05 Å². The minimum Gasteiger partial charge on any atom is -0.307 e. The normalized spacial score (nSPS) is 11.1. The van der Waals surface area contributed by atoms with Crippen LogP contribution in [0, 0.1) is 12.7 Å². The molecule has 2 aromatic carbocycles. The fourth-order valence-electron chi connectivity index (χ4n) is 2.70. The molecule has 0 fully saturated rings. The van der Waals surface area contributed by atoms with Gasteiger partial charge in [0.05, 0.1) is 5.69 Å². The van der Waals surface area contributed by atoms with Crippen molar-refractivity contribution in [2.45, 2.75) is 6.92 Å². The van der Waals surface area contributed by atoms with E-state index in [-0.39, 0.29) is 11.7 Å². The van der Waals surface area contributed by atoms with Gasteiger partial charge in [0, 0.05) is 23.2 Å². The average Bonchev–Trinajstić information content (AvgIpc) is 2.88. The number of anilines is 1. The zero-order valence-electron chi connectivity index (χ0n) is 14.3. The predicted molar refractivity (Wildman–Crippen MR) is 105 cm³/mol. The van der Waals surface area contributed by atoms with Gasteiger partial charge in [-0.2, -0.15) is 5.10 Å². The lowest BCUT2D eigenvalue weighted by Gasteiger charge is -2.08. The van der Waals surface area contributed by atoms with Crippen molar-refractivity contribution < 1.29 is 9.18 Å². The van der Waals surface area contributed by atoms with Gasteiger partial charge in [-0.3, -0.25) is 9.48 Å². The second kappa shape index (κ2) is 7.66. The molecular weight excluding hydrogens is 397 g/mol. The quantitative estimate of drug-likeness (QED) is 0.615. The Morgan fingerprint density at radius 2 is 1.96 bits per heavy atom. The van der Waals surface area contributed by atoms with E-state index >= 15 is 0 Å². The van der Waals surface area contributed by atoms with Crippen molar-refractivity contribution in [3.63, 3.8) is 0 Å². The number of nitrogens with one attached hydrogen (secondary N) is 1. The molecule has 6 heteroatoms. The van der Waals surface area contributed by atoms with E-state index in [9.17, 15) is 9.18 Å². The summed E-state index contributed by atoms with van der Waals surface area (Å²) < 4.78 is 15.8. The number of hydrogen-bond donors (Lipinski definition) is 1. The van der Waals surface area contributed by atoms with Gasteiger partial charge in [-0.05, 0) is 48.4 Å². The largest absolute Gasteiger partial charge is 0.307 e. The van der Waals surface area contributed by atoms with Crippen LogP contribution in [0.15, 0.2) is 59.1 Å². The van der Waals surface area contributed by atoms with E-state index in [1.54, 1.807) is 29.9 Å². The monoisotopic (exact) mass is 413 g/mol. The molecule has 0 saturated heterocycles. The van der Waals surface area contributed by atoms with E-state index in [1.807, 2.05) is 31.2 Å². The van der Waals surface area contributed by atoms with E-state index in [1.165, 1.54) is 18.2 Å². The fraction of sp³-hybridized carbons (Fsp3) is 0.100. The van der Waals surface area contributed by atoms with Gasteiger partial charge in [0.15, 0.2) is 0 Å². The number of halogens is 2. The first-order chi connectivity index (χ1) is 12.4. The number of rotatable bonds is 4. The predicted octanol–water partition coefficient (Wildman–Crippen LogP) is 4.95.